The van der Waals surface area contributed by atoms with Gasteiger partial charge in [0.1, 0.15) is 11.9 Å². The molecule has 1 saturated heterocycles. The normalized spacial score (nSPS) is 18.8. The van der Waals surface area contributed by atoms with Crippen molar-refractivity contribution in [3.8, 4) is 0 Å². The molecule has 0 aliphatic carbocycles. The Morgan fingerprint density at radius 1 is 1.15 bits per heavy atom. The highest BCUT2D eigenvalue weighted by atomic mass is 32.1. The predicted octanol–water partition coefficient (Wildman–Crippen LogP) is 2.97. The lowest BCUT2D eigenvalue weighted by atomic mass is 9.97. The Labute approximate surface area is 155 Å². The zero-order valence-electron chi connectivity index (χ0n) is 13.9. The van der Waals surface area contributed by atoms with Gasteiger partial charge in [-0.25, -0.2) is 4.39 Å². The van der Waals surface area contributed by atoms with Crippen LogP contribution in [0.2, 0.25) is 0 Å². The minimum atomic E-state index is -0.233. The van der Waals surface area contributed by atoms with Crippen molar-refractivity contribution in [2.24, 2.45) is 0 Å². The highest BCUT2D eigenvalue weighted by Gasteiger charge is 2.41. The molecule has 5 rings (SSSR count). The first-order valence-electron chi connectivity index (χ1n) is 8.57. The van der Waals surface area contributed by atoms with Crippen molar-refractivity contribution in [3.05, 3.63) is 71.2 Å². The molecule has 26 heavy (non-hydrogen) atoms. The fraction of sp³-hybridized carbons (Fsp3) is 0.200. The van der Waals surface area contributed by atoms with Crippen LogP contribution in [0.5, 0.6) is 0 Å². The molecule has 3 aromatic rings. The SMILES string of the molecule is O=C1NC(=S)N2Cc3c(c4ccccc4n3Cc3ccc(F)cc3)C[C@@H]12. The van der Waals surface area contributed by atoms with E-state index in [1.165, 1.54) is 28.8 Å². The topological polar surface area (TPSA) is 37.3 Å². The molecular weight excluding hydrogens is 349 g/mol. The zero-order chi connectivity index (χ0) is 17.8. The highest BCUT2D eigenvalue weighted by Crippen LogP contribution is 2.35. The van der Waals surface area contributed by atoms with Crippen LogP contribution in [0.1, 0.15) is 16.8 Å². The number of hydrogen-bond donors (Lipinski definition) is 1. The average molecular weight is 365 g/mol. The van der Waals surface area contributed by atoms with Crippen LogP contribution in [-0.2, 0) is 24.3 Å². The molecule has 1 N–H and O–H groups in total. The number of benzene rings is 2. The van der Waals surface area contributed by atoms with Crippen molar-refractivity contribution in [1.82, 2.24) is 14.8 Å². The summed E-state index contributed by atoms with van der Waals surface area (Å²) >= 11 is 5.33. The molecule has 0 spiro atoms. The van der Waals surface area contributed by atoms with Crippen LogP contribution in [0.3, 0.4) is 0 Å². The van der Waals surface area contributed by atoms with Crippen molar-refractivity contribution < 1.29 is 9.18 Å². The van der Waals surface area contributed by atoms with E-state index in [9.17, 15) is 9.18 Å². The summed E-state index contributed by atoms with van der Waals surface area (Å²) < 4.78 is 15.5. The van der Waals surface area contributed by atoms with Crippen molar-refractivity contribution >= 4 is 34.1 Å². The van der Waals surface area contributed by atoms with Crippen LogP contribution in [0.25, 0.3) is 10.9 Å². The Bertz CT molecular complexity index is 1060. The van der Waals surface area contributed by atoms with Crippen molar-refractivity contribution in [1.29, 1.82) is 0 Å². The number of aromatic nitrogens is 1. The molecule has 0 radical (unpaired) electrons. The van der Waals surface area contributed by atoms with Crippen molar-refractivity contribution in [3.63, 3.8) is 0 Å². The minimum absolute atomic E-state index is 0.0176. The maximum Gasteiger partial charge on any atom is 0.249 e. The maximum absolute atomic E-state index is 13.3. The number of nitrogens with zero attached hydrogens (tertiary/aromatic N) is 2. The van der Waals surface area contributed by atoms with Gasteiger partial charge in [0.05, 0.1) is 6.54 Å². The third kappa shape index (κ3) is 2.25. The first-order valence-corrected chi connectivity index (χ1v) is 8.97. The standard InChI is InChI=1S/C20H16FN3OS/c21-13-7-5-12(6-8-13)10-23-16-4-2-1-3-14(16)15-9-17-19(25)22-20(26)24(17)11-18(15)23/h1-8,17H,9-11H2,(H,22,25,26)/t17-/m0/s1. The second-order valence-electron chi connectivity index (χ2n) is 6.80. The number of carbonyl (C=O) groups excluding carboxylic acids is 1. The lowest BCUT2D eigenvalue weighted by molar-refractivity contribution is -0.121. The number of carbonyl (C=O) groups is 1. The van der Waals surface area contributed by atoms with Gasteiger partial charge >= 0.3 is 0 Å². The van der Waals surface area contributed by atoms with Gasteiger partial charge in [-0.05, 0) is 41.5 Å². The molecule has 1 amide bonds. The minimum Gasteiger partial charge on any atom is -0.338 e. The van der Waals surface area contributed by atoms with E-state index in [0.717, 1.165) is 11.1 Å². The molecule has 1 fully saturated rings. The van der Waals surface area contributed by atoms with E-state index in [4.69, 9.17) is 12.2 Å². The fourth-order valence-corrected chi connectivity index (χ4v) is 4.37. The predicted molar refractivity (Wildman–Crippen MR) is 101 cm³/mol. The molecule has 0 bridgehead atoms. The van der Waals surface area contributed by atoms with Crippen LogP contribution in [0.15, 0.2) is 48.5 Å². The summed E-state index contributed by atoms with van der Waals surface area (Å²) in [6, 6.07) is 14.6. The molecule has 2 aliphatic rings. The summed E-state index contributed by atoms with van der Waals surface area (Å²) in [5.41, 5.74) is 4.55. The largest absolute Gasteiger partial charge is 0.338 e. The van der Waals surface area contributed by atoms with Gasteiger partial charge in [0.15, 0.2) is 5.11 Å². The first-order chi connectivity index (χ1) is 12.6. The lowest BCUT2D eigenvalue weighted by Crippen LogP contribution is -2.40. The Kier molecular flexibility index (Phi) is 3.37. The smallest absolute Gasteiger partial charge is 0.249 e. The summed E-state index contributed by atoms with van der Waals surface area (Å²) in [6.07, 6.45) is 0.651. The number of para-hydroxylation sites is 1. The number of rotatable bonds is 2. The molecule has 1 atom stereocenters. The van der Waals surface area contributed by atoms with Gasteiger partial charge in [-0.15, -0.1) is 0 Å². The van der Waals surface area contributed by atoms with Gasteiger partial charge in [-0.3, -0.25) is 4.79 Å². The second-order valence-corrected chi connectivity index (χ2v) is 7.18. The molecule has 6 heteroatoms. The monoisotopic (exact) mass is 365 g/mol. The van der Waals surface area contributed by atoms with Crippen molar-refractivity contribution in [2.45, 2.75) is 25.6 Å². The van der Waals surface area contributed by atoms with Gasteiger partial charge in [-0.1, -0.05) is 30.3 Å². The first kappa shape index (κ1) is 15.5. The van der Waals surface area contributed by atoms with E-state index in [0.29, 0.717) is 24.6 Å². The summed E-state index contributed by atoms with van der Waals surface area (Å²) in [5, 5.41) is 4.45. The third-order valence-corrected chi connectivity index (χ3v) is 5.67. The molecule has 0 saturated carbocycles. The number of fused-ring (bicyclic) bond motifs is 4. The van der Waals surface area contributed by atoms with Crippen LogP contribution >= 0.6 is 12.2 Å². The summed E-state index contributed by atoms with van der Waals surface area (Å²) in [5.74, 6) is -0.251. The summed E-state index contributed by atoms with van der Waals surface area (Å²) in [7, 11) is 0. The van der Waals surface area contributed by atoms with E-state index < -0.39 is 0 Å². The van der Waals surface area contributed by atoms with Gasteiger partial charge in [0.2, 0.25) is 5.91 Å². The molecule has 3 heterocycles. The van der Waals surface area contributed by atoms with E-state index in [1.807, 2.05) is 29.2 Å². The molecular formula is C20H16FN3OS. The lowest BCUT2D eigenvalue weighted by Gasteiger charge is -2.29. The number of hydrogen-bond acceptors (Lipinski definition) is 2. The number of nitrogens with one attached hydrogen (secondary N) is 1. The van der Waals surface area contributed by atoms with Crippen LogP contribution in [0.4, 0.5) is 4.39 Å². The van der Waals surface area contributed by atoms with Crippen LogP contribution in [-0.4, -0.2) is 26.5 Å². The van der Waals surface area contributed by atoms with Gasteiger partial charge in [-0.2, -0.15) is 0 Å². The quantitative estimate of drug-likeness (QED) is 0.710. The summed E-state index contributed by atoms with van der Waals surface area (Å²) in [6.45, 7) is 1.26. The molecule has 4 nitrogen and oxygen atoms in total. The Balaban J connectivity index is 1.65. The molecule has 2 aromatic carbocycles. The number of thiocarbonyl (C=S) groups is 1. The third-order valence-electron chi connectivity index (χ3n) is 5.34. The van der Waals surface area contributed by atoms with E-state index in [-0.39, 0.29) is 17.8 Å². The Hall–Kier alpha value is -2.73. The number of halogens is 1. The van der Waals surface area contributed by atoms with Gasteiger partial charge in [0, 0.05) is 29.6 Å². The fourth-order valence-electron chi connectivity index (χ4n) is 4.07. The Morgan fingerprint density at radius 3 is 2.73 bits per heavy atom. The van der Waals surface area contributed by atoms with E-state index in [2.05, 4.69) is 22.0 Å². The Morgan fingerprint density at radius 2 is 1.92 bits per heavy atom. The van der Waals surface area contributed by atoms with Gasteiger partial charge < -0.3 is 14.8 Å². The van der Waals surface area contributed by atoms with E-state index >= 15 is 0 Å². The second kappa shape index (κ2) is 5.64. The van der Waals surface area contributed by atoms with Gasteiger partial charge in [0.25, 0.3) is 0 Å². The summed E-state index contributed by atoms with van der Waals surface area (Å²) in [4.78, 5) is 14.2. The zero-order valence-corrected chi connectivity index (χ0v) is 14.7. The molecule has 2 aliphatic heterocycles. The maximum atomic E-state index is 13.3. The molecule has 0 unspecified atom stereocenters. The van der Waals surface area contributed by atoms with Crippen LogP contribution < -0.4 is 5.32 Å². The van der Waals surface area contributed by atoms with E-state index in [1.54, 1.807) is 0 Å². The van der Waals surface area contributed by atoms with Crippen molar-refractivity contribution in [2.75, 3.05) is 0 Å². The number of amides is 1. The average Bonchev–Trinajstić information content (AvgIpc) is 3.10. The van der Waals surface area contributed by atoms with Crippen LogP contribution in [0, 0.1) is 5.82 Å². The highest BCUT2D eigenvalue weighted by molar-refractivity contribution is 7.80. The molecule has 130 valence electrons. The molecule has 1 aromatic heterocycles.